The Balaban J connectivity index is 1.63. The van der Waals surface area contributed by atoms with E-state index in [-0.39, 0.29) is 5.56 Å². The van der Waals surface area contributed by atoms with Crippen molar-refractivity contribution in [3.8, 4) is 10.8 Å². The molecule has 0 unspecified atom stereocenters. The molecule has 4 aromatic rings. The summed E-state index contributed by atoms with van der Waals surface area (Å²) in [6.07, 6.45) is 0.766. The Hall–Kier alpha value is -1.94. The third kappa shape index (κ3) is 4.64. The van der Waals surface area contributed by atoms with Gasteiger partial charge in [0.15, 0.2) is 5.16 Å². The zero-order valence-corrected chi connectivity index (χ0v) is 20.5. The van der Waals surface area contributed by atoms with E-state index in [2.05, 4.69) is 4.98 Å². The van der Waals surface area contributed by atoms with Crippen molar-refractivity contribution in [2.45, 2.75) is 51.6 Å². The summed E-state index contributed by atoms with van der Waals surface area (Å²) in [6, 6.07) is 3.99. The number of hydrogen-bond acceptors (Lipinski definition) is 8. The SMILES string of the molecule is CCOCCCn1c(SCc2nc(-c3cccs3)oc2C)nc2sc(C)c(C)c2c1=O. The van der Waals surface area contributed by atoms with Gasteiger partial charge in [-0.1, -0.05) is 17.8 Å². The van der Waals surface area contributed by atoms with E-state index in [4.69, 9.17) is 14.1 Å². The average molecular weight is 476 g/mol. The van der Waals surface area contributed by atoms with Crippen LogP contribution >= 0.6 is 34.4 Å². The van der Waals surface area contributed by atoms with Gasteiger partial charge >= 0.3 is 0 Å². The minimum Gasteiger partial charge on any atom is -0.440 e. The molecule has 164 valence electrons. The minimum absolute atomic E-state index is 0.0296. The third-order valence-electron chi connectivity index (χ3n) is 5.09. The highest BCUT2D eigenvalue weighted by Gasteiger charge is 2.18. The Labute approximate surface area is 193 Å². The first-order chi connectivity index (χ1) is 15.0. The Bertz CT molecular complexity index is 1240. The highest BCUT2D eigenvalue weighted by atomic mass is 32.2. The minimum atomic E-state index is 0.0296. The van der Waals surface area contributed by atoms with Crippen molar-refractivity contribution in [3.05, 3.63) is 49.8 Å². The van der Waals surface area contributed by atoms with Crippen molar-refractivity contribution in [1.82, 2.24) is 14.5 Å². The van der Waals surface area contributed by atoms with Crippen molar-refractivity contribution >= 4 is 44.7 Å². The molecular weight excluding hydrogens is 450 g/mol. The van der Waals surface area contributed by atoms with Gasteiger partial charge < -0.3 is 9.15 Å². The molecule has 0 saturated carbocycles. The second kappa shape index (κ2) is 9.68. The van der Waals surface area contributed by atoms with Crippen molar-refractivity contribution in [1.29, 1.82) is 0 Å². The highest BCUT2D eigenvalue weighted by molar-refractivity contribution is 7.98. The van der Waals surface area contributed by atoms with Gasteiger partial charge in [-0.3, -0.25) is 9.36 Å². The van der Waals surface area contributed by atoms with Crippen LogP contribution in [0.4, 0.5) is 0 Å². The third-order valence-corrected chi connectivity index (χ3v) is 8.04. The molecule has 0 aliphatic rings. The summed E-state index contributed by atoms with van der Waals surface area (Å²) in [6.45, 7) is 9.82. The number of rotatable bonds is 9. The molecule has 9 heteroatoms. The van der Waals surface area contributed by atoms with E-state index in [1.54, 1.807) is 27.2 Å². The summed E-state index contributed by atoms with van der Waals surface area (Å²) in [5, 5.41) is 3.46. The molecule has 4 aromatic heterocycles. The van der Waals surface area contributed by atoms with Crippen LogP contribution in [0.1, 0.15) is 35.2 Å². The number of oxazole rings is 1. The Morgan fingerprint density at radius 2 is 2.10 bits per heavy atom. The maximum absolute atomic E-state index is 13.3. The molecule has 0 aliphatic carbocycles. The van der Waals surface area contributed by atoms with Crippen LogP contribution in [-0.4, -0.2) is 27.7 Å². The number of hydrogen-bond donors (Lipinski definition) is 0. The summed E-state index contributed by atoms with van der Waals surface area (Å²) in [5.41, 5.74) is 1.93. The molecule has 0 saturated heterocycles. The van der Waals surface area contributed by atoms with Crippen LogP contribution in [0, 0.1) is 20.8 Å². The largest absolute Gasteiger partial charge is 0.440 e. The van der Waals surface area contributed by atoms with Gasteiger partial charge in [0.1, 0.15) is 10.6 Å². The summed E-state index contributed by atoms with van der Waals surface area (Å²) in [5.74, 6) is 2.03. The van der Waals surface area contributed by atoms with Gasteiger partial charge in [0.2, 0.25) is 5.89 Å². The molecule has 0 aromatic carbocycles. The first-order valence-corrected chi connectivity index (χ1v) is 12.9. The van der Waals surface area contributed by atoms with Crippen LogP contribution in [0.2, 0.25) is 0 Å². The van der Waals surface area contributed by atoms with Gasteiger partial charge in [-0.05, 0) is 51.1 Å². The molecule has 0 bridgehead atoms. The lowest BCUT2D eigenvalue weighted by molar-refractivity contribution is 0.140. The number of aryl methyl sites for hydroxylation is 3. The van der Waals surface area contributed by atoms with Gasteiger partial charge in [-0.2, -0.15) is 0 Å². The predicted molar refractivity (Wildman–Crippen MR) is 129 cm³/mol. The van der Waals surface area contributed by atoms with Crippen LogP contribution in [-0.2, 0) is 17.0 Å². The van der Waals surface area contributed by atoms with E-state index in [0.29, 0.717) is 31.4 Å². The number of thioether (sulfide) groups is 1. The molecule has 6 nitrogen and oxygen atoms in total. The monoisotopic (exact) mass is 475 g/mol. The van der Waals surface area contributed by atoms with Gasteiger partial charge in [0.25, 0.3) is 5.56 Å². The van der Waals surface area contributed by atoms with E-state index < -0.39 is 0 Å². The van der Waals surface area contributed by atoms with Gasteiger partial charge in [-0.25, -0.2) is 9.97 Å². The fourth-order valence-corrected chi connectivity index (χ4v) is 6.03. The lowest BCUT2D eigenvalue weighted by Crippen LogP contribution is -2.24. The second-order valence-corrected chi connectivity index (χ2v) is 10.2. The quantitative estimate of drug-likeness (QED) is 0.173. The fourth-order valence-electron chi connectivity index (χ4n) is 3.29. The van der Waals surface area contributed by atoms with Gasteiger partial charge in [0, 0.05) is 30.4 Å². The molecule has 4 rings (SSSR count). The molecule has 0 aliphatic heterocycles. The number of fused-ring (bicyclic) bond motifs is 1. The van der Waals surface area contributed by atoms with Crippen LogP contribution in [0.25, 0.3) is 21.0 Å². The smallest absolute Gasteiger partial charge is 0.263 e. The maximum Gasteiger partial charge on any atom is 0.263 e. The number of aromatic nitrogens is 3. The highest BCUT2D eigenvalue weighted by Crippen LogP contribution is 2.31. The van der Waals surface area contributed by atoms with E-state index in [9.17, 15) is 4.79 Å². The second-order valence-electron chi connectivity index (χ2n) is 7.15. The Kier molecular flexibility index (Phi) is 6.95. The zero-order chi connectivity index (χ0) is 22.0. The van der Waals surface area contributed by atoms with Crippen LogP contribution in [0.15, 0.2) is 31.9 Å². The number of ether oxygens (including phenoxy) is 1. The molecule has 31 heavy (non-hydrogen) atoms. The Morgan fingerprint density at radius 1 is 1.26 bits per heavy atom. The molecule has 0 spiro atoms. The normalized spacial score (nSPS) is 11.6. The standard InChI is InChI=1S/C22H25N3O3S3/c1-5-27-10-7-9-25-21(26)18-13(2)15(4)31-20(18)24-22(25)30-12-16-14(3)28-19(23-16)17-8-6-11-29-17/h6,8,11H,5,7,9-10,12H2,1-4H3. The van der Waals surface area contributed by atoms with Crippen molar-refractivity contribution in [2.75, 3.05) is 13.2 Å². The lowest BCUT2D eigenvalue weighted by atomic mass is 10.2. The van der Waals surface area contributed by atoms with E-state index >= 15 is 0 Å². The zero-order valence-electron chi connectivity index (χ0n) is 18.1. The summed E-state index contributed by atoms with van der Waals surface area (Å²) in [4.78, 5) is 25.8. The fraction of sp³-hybridized carbons (Fsp3) is 0.409. The topological polar surface area (TPSA) is 70.2 Å². The molecule has 0 amide bonds. The van der Waals surface area contributed by atoms with Crippen LogP contribution in [0.5, 0.6) is 0 Å². The van der Waals surface area contributed by atoms with E-state index in [1.807, 2.05) is 45.2 Å². The molecule has 0 radical (unpaired) electrons. The van der Waals surface area contributed by atoms with Gasteiger partial charge in [0.05, 0.1) is 16.0 Å². The molecule has 0 atom stereocenters. The van der Waals surface area contributed by atoms with E-state index in [1.165, 1.54) is 11.8 Å². The first kappa shape index (κ1) is 22.3. The predicted octanol–water partition coefficient (Wildman–Crippen LogP) is 5.82. The van der Waals surface area contributed by atoms with Crippen molar-refractivity contribution < 1.29 is 9.15 Å². The first-order valence-electron chi connectivity index (χ1n) is 10.2. The van der Waals surface area contributed by atoms with Gasteiger partial charge in [-0.15, -0.1) is 22.7 Å². The Morgan fingerprint density at radius 3 is 2.84 bits per heavy atom. The number of nitrogens with zero attached hydrogens (tertiary/aromatic N) is 3. The molecule has 4 heterocycles. The molecule has 0 N–H and O–H groups in total. The van der Waals surface area contributed by atoms with Crippen molar-refractivity contribution in [2.24, 2.45) is 0 Å². The average Bonchev–Trinajstić information content (AvgIpc) is 3.46. The van der Waals surface area contributed by atoms with E-state index in [0.717, 1.165) is 48.6 Å². The summed E-state index contributed by atoms with van der Waals surface area (Å²) in [7, 11) is 0. The summed E-state index contributed by atoms with van der Waals surface area (Å²) >= 11 is 4.71. The summed E-state index contributed by atoms with van der Waals surface area (Å²) < 4.78 is 13.1. The maximum atomic E-state index is 13.3. The van der Waals surface area contributed by atoms with Crippen LogP contribution < -0.4 is 5.56 Å². The molecule has 0 fully saturated rings. The molecular formula is C22H25N3O3S3. The lowest BCUT2D eigenvalue weighted by Gasteiger charge is -2.12. The van der Waals surface area contributed by atoms with Crippen molar-refractivity contribution in [3.63, 3.8) is 0 Å². The number of thiophene rings is 2. The van der Waals surface area contributed by atoms with Crippen LogP contribution in [0.3, 0.4) is 0 Å².